The van der Waals surface area contributed by atoms with Gasteiger partial charge in [-0.05, 0) is 29.3 Å². The maximum atomic E-state index is 6.24. The average Bonchev–Trinajstić information content (AvgIpc) is 2.69. The summed E-state index contributed by atoms with van der Waals surface area (Å²) in [6.07, 6.45) is 0. The quantitative estimate of drug-likeness (QED) is 0.462. The molecule has 0 fully saturated rings. The summed E-state index contributed by atoms with van der Waals surface area (Å²) in [5.74, 6) is 1.45. The molecule has 0 amide bonds. The summed E-state index contributed by atoms with van der Waals surface area (Å²) >= 11 is 9.78. The fourth-order valence-corrected chi connectivity index (χ4v) is 3.46. The number of ether oxygens (including phenoxy) is 2. The van der Waals surface area contributed by atoms with Gasteiger partial charge in [0.2, 0.25) is 0 Å². The smallest absolute Gasteiger partial charge is 0.166 e. The molecule has 0 aliphatic rings. The van der Waals surface area contributed by atoms with Gasteiger partial charge in [0.15, 0.2) is 11.5 Å². The van der Waals surface area contributed by atoms with Crippen LogP contribution in [-0.4, -0.2) is 7.11 Å². The van der Waals surface area contributed by atoms with E-state index in [1.54, 1.807) is 7.11 Å². The molecule has 0 aromatic heterocycles. The molecule has 140 valence electrons. The van der Waals surface area contributed by atoms with E-state index in [1.807, 2.05) is 66.7 Å². The van der Waals surface area contributed by atoms with Gasteiger partial charge in [0, 0.05) is 28.1 Å². The van der Waals surface area contributed by atoms with Crippen LogP contribution < -0.4 is 14.8 Å². The molecule has 0 saturated carbocycles. The Morgan fingerprint density at radius 2 is 1.63 bits per heavy atom. The highest BCUT2D eigenvalue weighted by atomic mass is 79.9. The van der Waals surface area contributed by atoms with E-state index >= 15 is 0 Å². The first-order valence-electron chi connectivity index (χ1n) is 8.64. The third-order valence-electron chi connectivity index (χ3n) is 4.13. The number of nitrogens with one attached hydrogen (secondary N) is 1. The summed E-state index contributed by atoms with van der Waals surface area (Å²) in [4.78, 5) is 0. The van der Waals surface area contributed by atoms with Gasteiger partial charge in [0.1, 0.15) is 6.61 Å². The predicted molar refractivity (Wildman–Crippen MR) is 113 cm³/mol. The van der Waals surface area contributed by atoms with Crippen LogP contribution in [0.1, 0.15) is 16.7 Å². The first-order chi connectivity index (χ1) is 13.2. The second kappa shape index (κ2) is 9.79. The van der Waals surface area contributed by atoms with Gasteiger partial charge in [-0.3, -0.25) is 0 Å². The highest BCUT2D eigenvalue weighted by Crippen LogP contribution is 2.35. The molecular formula is C22H21BrClNO2. The Hall–Kier alpha value is -2.01. The van der Waals surface area contributed by atoms with E-state index in [-0.39, 0.29) is 0 Å². The highest BCUT2D eigenvalue weighted by Gasteiger charge is 2.13. The van der Waals surface area contributed by atoms with Crippen molar-refractivity contribution >= 4 is 27.5 Å². The molecule has 0 unspecified atom stereocenters. The molecule has 0 aliphatic heterocycles. The fourth-order valence-electron chi connectivity index (χ4n) is 2.77. The summed E-state index contributed by atoms with van der Waals surface area (Å²) in [7, 11) is 1.65. The topological polar surface area (TPSA) is 30.5 Å². The lowest BCUT2D eigenvalue weighted by Gasteiger charge is -2.17. The maximum Gasteiger partial charge on any atom is 0.166 e. The number of halogens is 2. The SMILES string of the molecule is COc1cc(Br)cc(CNCc2ccccc2Cl)c1OCc1ccccc1. The summed E-state index contributed by atoms with van der Waals surface area (Å²) < 4.78 is 12.6. The van der Waals surface area contributed by atoms with Crippen molar-refractivity contribution in [1.82, 2.24) is 5.32 Å². The lowest BCUT2D eigenvalue weighted by atomic mass is 10.1. The number of hydrogen-bond donors (Lipinski definition) is 1. The Morgan fingerprint density at radius 3 is 2.37 bits per heavy atom. The molecule has 0 radical (unpaired) electrons. The lowest BCUT2D eigenvalue weighted by molar-refractivity contribution is 0.280. The largest absolute Gasteiger partial charge is 0.493 e. The zero-order chi connectivity index (χ0) is 19.1. The highest BCUT2D eigenvalue weighted by molar-refractivity contribution is 9.10. The minimum absolute atomic E-state index is 0.482. The first kappa shape index (κ1) is 19.7. The summed E-state index contributed by atoms with van der Waals surface area (Å²) in [6, 6.07) is 21.9. The molecule has 0 spiro atoms. The van der Waals surface area contributed by atoms with Crippen molar-refractivity contribution in [2.75, 3.05) is 7.11 Å². The molecule has 27 heavy (non-hydrogen) atoms. The zero-order valence-corrected chi connectivity index (χ0v) is 17.4. The van der Waals surface area contributed by atoms with Crippen LogP contribution >= 0.6 is 27.5 Å². The van der Waals surface area contributed by atoms with Crippen LogP contribution in [0.2, 0.25) is 5.02 Å². The first-order valence-corrected chi connectivity index (χ1v) is 9.81. The van der Waals surface area contributed by atoms with Gasteiger partial charge in [0.25, 0.3) is 0 Å². The van der Waals surface area contributed by atoms with Crippen LogP contribution in [0.5, 0.6) is 11.5 Å². The molecular weight excluding hydrogens is 426 g/mol. The van der Waals surface area contributed by atoms with E-state index in [9.17, 15) is 0 Å². The second-order valence-corrected chi connectivity index (χ2v) is 7.39. The average molecular weight is 447 g/mol. The zero-order valence-electron chi connectivity index (χ0n) is 15.0. The minimum atomic E-state index is 0.482. The Balaban J connectivity index is 1.74. The fraction of sp³-hybridized carbons (Fsp3) is 0.182. The number of hydrogen-bond acceptors (Lipinski definition) is 3. The molecule has 3 rings (SSSR count). The Bertz CT molecular complexity index is 887. The lowest BCUT2D eigenvalue weighted by Crippen LogP contribution is -2.14. The number of methoxy groups -OCH3 is 1. The van der Waals surface area contributed by atoms with Gasteiger partial charge in [-0.1, -0.05) is 76.1 Å². The van der Waals surface area contributed by atoms with Crippen molar-refractivity contribution in [2.24, 2.45) is 0 Å². The van der Waals surface area contributed by atoms with E-state index in [1.165, 1.54) is 0 Å². The summed E-state index contributed by atoms with van der Waals surface area (Å²) in [5.41, 5.74) is 3.19. The number of rotatable bonds is 8. The molecule has 3 aromatic carbocycles. The monoisotopic (exact) mass is 445 g/mol. The van der Waals surface area contributed by atoms with Gasteiger partial charge in [-0.25, -0.2) is 0 Å². The Kier molecular flexibility index (Phi) is 7.16. The van der Waals surface area contributed by atoms with Crippen molar-refractivity contribution in [3.8, 4) is 11.5 Å². The van der Waals surface area contributed by atoms with Gasteiger partial charge >= 0.3 is 0 Å². The van der Waals surface area contributed by atoms with Crippen molar-refractivity contribution < 1.29 is 9.47 Å². The molecule has 0 atom stereocenters. The third-order valence-corrected chi connectivity index (χ3v) is 4.96. The molecule has 0 aliphatic carbocycles. The van der Waals surface area contributed by atoms with Crippen LogP contribution in [0.3, 0.4) is 0 Å². The van der Waals surface area contributed by atoms with E-state index in [2.05, 4.69) is 21.2 Å². The van der Waals surface area contributed by atoms with E-state index in [0.717, 1.165) is 31.9 Å². The van der Waals surface area contributed by atoms with Crippen LogP contribution in [0.15, 0.2) is 71.2 Å². The van der Waals surface area contributed by atoms with Crippen molar-refractivity contribution in [2.45, 2.75) is 19.7 Å². The second-order valence-electron chi connectivity index (χ2n) is 6.07. The molecule has 0 bridgehead atoms. The summed E-state index contributed by atoms with van der Waals surface area (Å²) in [6.45, 7) is 1.79. The van der Waals surface area contributed by atoms with Crippen molar-refractivity contribution in [3.05, 3.63) is 92.9 Å². The third kappa shape index (κ3) is 5.48. The van der Waals surface area contributed by atoms with E-state index in [4.69, 9.17) is 21.1 Å². The molecule has 3 nitrogen and oxygen atoms in total. The Morgan fingerprint density at radius 1 is 0.926 bits per heavy atom. The Labute approximate surface area is 173 Å². The predicted octanol–water partition coefficient (Wildman–Crippen LogP) is 5.98. The normalized spacial score (nSPS) is 10.6. The van der Waals surface area contributed by atoms with E-state index < -0.39 is 0 Å². The molecule has 0 heterocycles. The molecule has 5 heteroatoms. The van der Waals surface area contributed by atoms with Gasteiger partial charge in [0.05, 0.1) is 7.11 Å². The standard InChI is InChI=1S/C22H21BrClNO2/c1-26-21-12-19(23)11-18(14-25-13-17-9-5-6-10-20(17)24)22(21)27-15-16-7-3-2-4-8-16/h2-12,25H,13-15H2,1H3. The van der Waals surface area contributed by atoms with Crippen LogP contribution in [0.25, 0.3) is 0 Å². The molecule has 0 saturated heterocycles. The van der Waals surface area contributed by atoms with E-state index in [0.29, 0.717) is 25.4 Å². The summed E-state index contributed by atoms with van der Waals surface area (Å²) in [5, 5.41) is 4.20. The maximum absolute atomic E-state index is 6.24. The van der Waals surface area contributed by atoms with Crippen LogP contribution in [0.4, 0.5) is 0 Å². The van der Waals surface area contributed by atoms with Gasteiger partial charge in [-0.15, -0.1) is 0 Å². The molecule has 3 aromatic rings. The van der Waals surface area contributed by atoms with Crippen LogP contribution in [0, 0.1) is 0 Å². The number of benzene rings is 3. The molecule has 1 N–H and O–H groups in total. The van der Waals surface area contributed by atoms with Gasteiger partial charge in [-0.2, -0.15) is 0 Å². The van der Waals surface area contributed by atoms with Crippen LogP contribution in [-0.2, 0) is 19.7 Å². The van der Waals surface area contributed by atoms with Gasteiger partial charge < -0.3 is 14.8 Å². The van der Waals surface area contributed by atoms with Crippen molar-refractivity contribution in [3.63, 3.8) is 0 Å². The van der Waals surface area contributed by atoms with Crippen molar-refractivity contribution in [1.29, 1.82) is 0 Å². The minimum Gasteiger partial charge on any atom is -0.493 e.